The number of H-pyrrole nitrogens is 1. The van der Waals surface area contributed by atoms with Crippen molar-refractivity contribution in [2.45, 2.75) is 5.25 Å². The van der Waals surface area contributed by atoms with Crippen LogP contribution in [-0.4, -0.2) is 15.0 Å². The first kappa shape index (κ1) is 13.5. The third kappa shape index (κ3) is 2.20. The summed E-state index contributed by atoms with van der Waals surface area (Å²) in [6.45, 7) is 0. The second kappa shape index (κ2) is 5.23. The highest BCUT2D eigenvalue weighted by Gasteiger charge is 2.17. The van der Waals surface area contributed by atoms with Gasteiger partial charge in [-0.25, -0.2) is 9.97 Å². The smallest absolute Gasteiger partial charge is 0.258 e. The molecule has 0 aliphatic rings. The minimum Gasteiger partial charge on any atom is -0.309 e. The average Bonchev–Trinajstić information content (AvgIpc) is 2.98. The number of nitrogens with zero attached hydrogens (tertiary/aromatic N) is 2. The Morgan fingerprint density at radius 2 is 1.73 bits per heavy atom. The lowest BCUT2D eigenvalue weighted by Gasteiger charge is -2.07. The molecule has 4 nitrogen and oxygen atoms in total. The minimum atomic E-state index is -0.352. The Hall–Kier alpha value is -2.18. The zero-order valence-corrected chi connectivity index (χ0v) is 13.1. The van der Waals surface area contributed by atoms with Crippen LogP contribution in [0.2, 0.25) is 0 Å². The second-order valence-electron chi connectivity index (χ2n) is 4.89. The number of nitrogens with one attached hydrogen (secondary N) is 1. The van der Waals surface area contributed by atoms with Gasteiger partial charge in [0.1, 0.15) is 16.1 Å². The molecule has 0 aliphatic heterocycles. The maximum absolute atomic E-state index is 12.2. The van der Waals surface area contributed by atoms with Crippen molar-refractivity contribution in [3.63, 3.8) is 0 Å². The molecule has 4 rings (SSSR count). The van der Waals surface area contributed by atoms with Gasteiger partial charge in [-0.2, -0.15) is 12.6 Å². The Morgan fingerprint density at radius 3 is 2.55 bits per heavy atom. The molecule has 4 aromatic rings. The predicted octanol–water partition coefficient (Wildman–Crippen LogP) is 3.55. The fourth-order valence-electron chi connectivity index (χ4n) is 2.36. The van der Waals surface area contributed by atoms with Gasteiger partial charge in [-0.1, -0.05) is 24.3 Å². The van der Waals surface area contributed by atoms with Gasteiger partial charge >= 0.3 is 0 Å². The maximum atomic E-state index is 12.2. The fourth-order valence-corrected chi connectivity index (χ4v) is 3.65. The standard InChI is InChI=1S/C16H11N3OS2/c20-15-9-5-1-2-6-10(9)17-14(19-15)13(21)16-18-11-7-3-4-8-12(11)22-16/h1-8,13,21H,(H,17,19,20). The van der Waals surface area contributed by atoms with E-state index in [2.05, 4.69) is 27.6 Å². The number of rotatable bonds is 2. The minimum absolute atomic E-state index is 0.152. The number of aromatic amines is 1. The van der Waals surface area contributed by atoms with Crippen LogP contribution in [0.15, 0.2) is 53.3 Å². The summed E-state index contributed by atoms with van der Waals surface area (Å²) in [4.78, 5) is 24.1. The van der Waals surface area contributed by atoms with E-state index in [0.29, 0.717) is 16.7 Å². The molecule has 2 heterocycles. The number of benzene rings is 2. The summed E-state index contributed by atoms with van der Waals surface area (Å²) >= 11 is 6.17. The van der Waals surface area contributed by atoms with Crippen LogP contribution >= 0.6 is 24.0 Å². The average molecular weight is 325 g/mol. The van der Waals surface area contributed by atoms with Crippen molar-refractivity contribution in [1.29, 1.82) is 0 Å². The molecule has 0 saturated heterocycles. The lowest BCUT2D eigenvalue weighted by Crippen LogP contribution is -2.13. The van der Waals surface area contributed by atoms with Gasteiger partial charge in [-0.05, 0) is 24.3 Å². The molecule has 2 aromatic heterocycles. The number of hydrogen-bond acceptors (Lipinski definition) is 5. The molecule has 2 aromatic carbocycles. The van der Waals surface area contributed by atoms with E-state index in [1.807, 2.05) is 42.5 Å². The lowest BCUT2D eigenvalue weighted by atomic mass is 10.2. The van der Waals surface area contributed by atoms with Crippen LogP contribution < -0.4 is 5.56 Å². The highest BCUT2D eigenvalue weighted by Crippen LogP contribution is 2.32. The van der Waals surface area contributed by atoms with E-state index < -0.39 is 0 Å². The lowest BCUT2D eigenvalue weighted by molar-refractivity contribution is 0.952. The summed E-state index contributed by atoms with van der Waals surface area (Å²) < 4.78 is 1.10. The molecular weight excluding hydrogens is 314 g/mol. The summed E-state index contributed by atoms with van der Waals surface area (Å²) in [5, 5.41) is 1.05. The highest BCUT2D eigenvalue weighted by molar-refractivity contribution is 7.81. The van der Waals surface area contributed by atoms with Crippen molar-refractivity contribution >= 4 is 45.1 Å². The zero-order chi connectivity index (χ0) is 15.1. The molecule has 6 heteroatoms. The Balaban J connectivity index is 1.85. The van der Waals surface area contributed by atoms with Crippen molar-refractivity contribution in [3.05, 3.63) is 69.7 Å². The van der Waals surface area contributed by atoms with Gasteiger partial charge in [-0.3, -0.25) is 4.79 Å². The molecule has 0 spiro atoms. The Bertz CT molecular complexity index is 1010. The first-order chi connectivity index (χ1) is 10.7. The molecule has 0 saturated carbocycles. The molecule has 0 aliphatic carbocycles. The van der Waals surface area contributed by atoms with Gasteiger partial charge in [0.2, 0.25) is 0 Å². The summed E-state index contributed by atoms with van der Waals surface area (Å²) in [6.07, 6.45) is 0. The van der Waals surface area contributed by atoms with Gasteiger partial charge in [0.25, 0.3) is 5.56 Å². The van der Waals surface area contributed by atoms with E-state index in [4.69, 9.17) is 0 Å². The SMILES string of the molecule is O=c1[nH]c(C(S)c2nc3ccccc3s2)nc2ccccc12. The molecule has 22 heavy (non-hydrogen) atoms. The van der Waals surface area contributed by atoms with E-state index in [1.165, 1.54) is 0 Å². The maximum Gasteiger partial charge on any atom is 0.258 e. The second-order valence-corrected chi connectivity index (χ2v) is 6.47. The molecule has 0 radical (unpaired) electrons. The highest BCUT2D eigenvalue weighted by atomic mass is 32.1. The quantitative estimate of drug-likeness (QED) is 0.554. The number of para-hydroxylation sites is 2. The number of fused-ring (bicyclic) bond motifs is 2. The summed E-state index contributed by atoms with van der Waals surface area (Å²) in [5.74, 6) is 0.520. The van der Waals surface area contributed by atoms with Crippen LogP contribution in [0.4, 0.5) is 0 Å². The van der Waals surface area contributed by atoms with Gasteiger partial charge in [0.15, 0.2) is 0 Å². The van der Waals surface area contributed by atoms with Gasteiger partial charge in [0.05, 0.1) is 21.1 Å². The Kier molecular flexibility index (Phi) is 3.20. The van der Waals surface area contributed by atoms with Crippen LogP contribution in [0.5, 0.6) is 0 Å². The first-order valence-corrected chi connectivity index (χ1v) is 8.08. The summed E-state index contributed by atoms with van der Waals surface area (Å²) in [7, 11) is 0. The van der Waals surface area contributed by atoms with Crippen molar-refractivity contribution in [2.24, 2.45) is 0 Å². The van der Waals surface area contributed by atoms with Gasteiger partial charge in [-0.15, -0.1) is 11.3 Å². The van der Waals surface area contributed by atoms with E-state index in [1.54, 1.807) is 17.4 Å². The third-order valence-electron chi connectivity index (χ3n) is 3.43. The zero-order valence-electron chi connectivity index (χ0n) is 11.4. The van der Waals surface area contributed by atoms with E-state index in [0.717, 1.165) is 15.2 Å². The normalized spacial score (nSPS) is 12.8. The van der Waals surface area contributed by atoms with E-state index in [-0.39, 0.29) is 10.8 Å². The van der Waals surface area contributed by atoms with Crippen LogP contribution in [0.1, 0.15) is 16.1 Å². The number of aromatic nitrogens is 3. The topological polar surface area (TPSA) is 58.6 Å². The molecule has 108 valence electrons. The van der Waals surface area contributed by atoms with Gasteiger partial charge in [0, 0.05) is 0 Å². The molecule has 0 fully saturated rings. The molecule has 1 atom stereocenters. The molecule has 1 unspecified atom stereocenters. The van der Waals surface area contributed by atoms with Crippen LogP contribution in [0, 0.1) is 0 Å². The number of thiol groups is 1. The van der Waals surface area contributed by atoms with E-state index in [9.17, 15) is 4.79 Å². The number of thiazole rings is 1. The van der Waals surface area contributed by atoms with Crippen molar-refractivity contribution < 1.29 is 0 Å². The van der Waals surface area contributed by atoms with Crippen LogP contribution in [0.25, 0.3) is 21.1 Å². The summed E-state index contributed by atoms with van der Waals surface area (Å²) in [6, 6.07) is 15.2. The molecule has 0 bridgehead atoms. The largest absolute Gasteiger partial charge is 0.309 e. The molecular formula is C16H11N3OS2. The first-order valence-electron chi connectivity index (χ1n) is 6.75. The molecule has 1 N–H and O–H groups in total. The van der Waals surface area contributed by atoms with E-state index >= 15 is 0 Å². The number of hydrogen-bond donors (Lipinski definition) is 2. The Morgan fingerprint density at radius 1 is 1.00 bits per heavy atom. The predicted molar refractivity (Wildman–Crippen MR) is 92.8 cm³/mol. The van der Waals surface area contributed by atoms with Gasteiger partial charge < -0.3 is 4.98 Å². The monoisotopic (exact) mass is 325 g/mol. The summed E-state index contributed by atoms with van der Waals surface area (Å²) in [5.41, 5.74) is 1.45. The van der Waals surface area contributed by atoms with Crippen LogP contribution in [-0.2, 0) is 0 Å². The fraction of sp³-hybridized carbons (Fsp3) is 0.0625. The third-order valence-corrected chi connectivity index (χ3v) is 5.20. The van der Waals surface area contributed by atoms with Crippen molar-refractivity contribution in [1.82, 2.24) is 15.0 Å². The van der Waals surface area contributed by atoms with Crippen molar-refractivity contribution in [3.8, 4) is 0 Å². The molecule has 0 amide bonds. The van der Waals surface area contributed by atoms with Crippen LogP contribution in [0.3, 0.4) is 0 Å². The Labute approximate surface area is 135 Å². The van der Waals surface area contributed by atoms with Crippen molar-refractivity contribution in [2.75, 3.05) is 0 Å².